The molecule has 0 rings (SSSR count). The van der Waals surface area contributed by atoms with Crippen LogP contribution in [0.5, 0.6) is 0 Å². The first kappa shape index (κ1) is 11.0. The van der Waals surface area contributed by atoms with Crippen LogP contribution in [0.15, 0.2) is 24.7 Å². The van der Waals surface area contributed by atoms with Crippen molar-refractivity contribution in [2.75, 3.05) is 13.2 Å². The molecule has 0 saturated heterocycles. The monoisotopic (exact) mass is 172 g/mol. The van der Waals surface area contributed by atoms with Gasteiger partial charge in [0.25, 0.3) is 0 Å². The highest BCUT2D eigenvalue weighted by Gasteiger charge is 2.04. The molecule has 0 amide bonds. The number of aliphatic hydroxyl groups excluding tert-OH is 1. The van der Waals surface area contributed by atoms with Crippen molar-refractivity contribution < 1.29 is 14.6 Å². The first-order valence-electron chi connectivity index (χ1n) is 3.77. The van der Waals surface area contributed by atoms with E-state index in [1.807, 2.05) is 0 Å². The Morgan fingerprint density at radius 3 is 1.75 bits per heavy atom. The summed E-state index contributed by atoms with van der Waals surface area (Å²) in [7, 11) is 0. The molecular formula is C9H16O3. The van der Waals surface area contributed by atoms with Gasteiger partial charge in [0.15, 0.2) is 0 Å². The summed E-state index contributed by atoms with van der Waals surface area (Å²) in [6.45, 7) is 10.9. The van der Waals surface area contributed by atoms with Gasteiger partial charge in [-0.05, 0) is 13.8 Å². The number of ether oxygens (including phenoxy) is 2. The fourth-order valence-corrected chi connectivity index (χ4v) is 0.525. The van der Waals surface area contributed by atoms with Crippen molar-refractivity contribution in [1.29, 1.82) is 0 Å². The van der Waals surface area contributed by atoms with E-state index in [1.54, 1.807) is 13.8 Å². The molecule has 3 nitrogen and oxygen atoms in total. The highest BCUT2D eigenvalue weighted by atomic mass is 16.5. The van der Waals surface area contributed by atoms with Crippen LogP contribution in [0.4, 0.5) is 0 Å². The van der Waals surface area contributed by atoms with E-state index in [2.05, 4.69) is 13.2 Å². The summed E-state index contributed by atoms with van der Waals surface area (Å²) in [5.41, 5.74) is 0. The maximum absolute atomic E-state index is 9.21. The summed E-state index contributed by atoms with van der Waals surface area (Å²) >= 11 is 0. The Kier molecular flexibility index (Phi) is 5.21. The number of allylic oxidation sites excluding steroid dienone is 2. The van der Waals surface area contributed by atoms with Gasteiger partial charge in [-0.15, -0.1) is 0 Å². The van der Waals surface area contributed by atoms with Gasteiger partial charge in [0.2, 0.25) is 0 Å². The third kappa shape index (κ3) is 7.15. The summed E-state index contributed by atoms with van der Waals surface area (Å²) in [5.74, 6) is 1.17. The molecule has 0 saturated carbocycles. The summed E-state index contributed by atoms with van der Waals surface area (Å²) in [6.07, 6.45) is -0.626. The van der Waals surface area contributed by atoms with Crippen molar-refractivity contribution in [2.45, 2.75) is 20.0 Å². The lowest BCUT2D eigenvalue weighted by molar-refractivity contribution is 0.0192. The molecule has 0 aromatic carbocycles. The van der Waals surface area contributed by atoms with E-state index < -0.39 is 6.10 Å². The van der Waals surface area contributed by atoms with Crippen molar-refractivity contribution in [3.8, 4) is 0 Å². The van der Waals surface area contributed by atoms with E-state index in [-0.39, 0.29) is 13.2 Å². The van der Waals surface area contributed by atoms with Crippen LogP contribution in [0, 0.1) is 0 Å². The van der Waals surface area contributed by atoms with Gasteiger partial charge in [-0.2, -0.15) is 0 Å². The number of hydrogen-bond acceptors (Lipinski definition) is 3. The van der Waals surface area contributed by atoms with Crippen LogP contribution >= 0.6 is 0 Å². The highest BCUT2D eigenvalue weighted by Crippen LogP contribution is 1.97. The predicted octanol–water partition coefficient (Wildman–Crippen LogP) is 1.45. The summed E-state index contributed by atoms with van der Waals surface area (Å²) < 4.78 is 9.96. The molecule has 12 heavy (non-hydrogen) atoms. The molecule has 70 valence electrons. The van der Waals surface area contributed by atoms with E-state index in [9.17, 15) is 5.11 Å². The molecule has 0 atom stereocenters. The first-order chi connectivity index (χ1) is 5.52. The van der Waals surface area contributed by atoms with Crippen molar-refractivity contribution in [1.82, 2.24) is 0 Å². The lowest BCUT2D eigenvalue weighted by atomic mass is 10.4. The van der Waals surface area contributed by atoms with Gasteiger partial charge >= 0.3 is 0 Å². The largest absolute Gasteiger partial charge is 0.496 e. The molecule has 0 aliphatic rings. The maximum Gasteiger partial charge on any atom is 0.122 e. The number of aliphatic hydroxyl groups is 1. The minimum absolute atomic E-state index is 0.211. The highest BCUT2D eigenvalue weighted by molar-refractivity contribution is 4.76. The van der Waals surface area contributed by atoms with E-state index >= 15 is 0 Å². The topological polar surface area (TPSA) is 38.7 Å². The Balaban J connectivity index is 3.39. The van der Waals surface area contributed by atoms with Crippen molar-refractivity contribution in [3.63, 3.8) is 0 Å². The van der Waals surface area contributed by atoms with Crippen LogP contribution in [-0.4, -0.2) is 24.4 Å². The Morgan fingerprint density at radius 2 is 1.50 bits per heavy atom. The van der Waals surface area contributed by atoms with Crippen LogP contribution in [-0.2, 0) is 9.47 Å². The van der Waals surface area contributed by atoms with E-state index in [0.29, 0.717) is 11.5 Å². The van der Waals surface area contributed by atoms with Gasteiger partial charge in [0.1, 0.15) is 19.3 Å². The minimum Gasteiger partial charge on any atom is -0.496 e. The standard InChI is InChI=1S/C9H16O3/c1-7(2)11-5-9(10)6-12-8(3)4/h9-10H,1,3,5-6H2,2,4H3. The van der Waals surface area contributed by atoms with Crippen molar-refractivity contribution in [3.05, 3.63) is 24.7 Å². The van der Waals surface area contributed by atoms with Gasteiger partial charge in [0.05, 0.1) is 11.5 Å². The SMILES string of the molecule is C=C(C)OCC(O)COC(=C)C. The molecule has 0 unspecified atom stereocenters. The fraction of sp³-hybridized carbons (Fsp3) is 0.556. The average molecular weight is 172 g/mol. The lowest BCUT2D eigenvalue weighted by Gasteiger charge is -2.12. The van der Waals surface area contributed by atoms with E-state index in [4.69, 9.17) is 9.47 Å². The summed E-state index contributed by atoms with van der Waals surface area (Å²) in [5, 5.41) is 9.21. The Hall–Kier alpha value is -0.960. The van der Waals surface area contributed by atoms with Gasteiger partial charge < -0.3 is 14.6 Å². The average Bonchev–Trinajstić information content (AvgIpc) is 1.96. The second kappa shape index (κ2) is 5.66. The Bertz CT molecular complexity index is 145. The van der Waals surface area contributed by atoms with Crippen LogP contribution < -0.4 is 0 Å². The van der Waals surface area contributed by atoms with Gasteiger partial charge in [-0.1, -0.05) is 13.2 Å². The molecule has 0 radical (unpaired) electrons. The Labute approximate surface area is 73.3 Å². The molecule has 1 N–H and O–H groups in total. The summed E-state index contributed by atoms with van der Waals surface area (Å²) in [6, 6.07) is 0. The quantitative estimate of drug-likeness (QED) is 0.616. The zero-order valence-corrected chi connectivity index (χ0v) is 7.67. The number of rotatable bonds is 6. The van der Waals surface area contributed by atoms with Gasteiger partial charge in [-0.25, -0.2) is 0 Å². The van der Waals surface area contributed by atoms with Crippen LogP contribution in [0.2, 0.25) is 0 Å². The molecule has 0 aliphatic heterocycles. The molecule has 3 heteroatoms. The van der Waals surface area contributed by atoms with Crippen LogP contribution in [0.25, 0.3) is 0 Å². The van der Waals surface area contributed by atoms with Crippen LogP contribution in [0.1, 0.15) is 13.8 Å². The fourth-order valence-electron chi connectivity index (χ4n) is 0.525. The smallest absolute Gasteiger partial charge is 0.122 e. The van der Waals surface area contributed by atoms with Crippen molar-refractivity contribution >= 4 is 0 Å². The Morgan fingerprint density at radius 1 is 1.17 bits per heavy atom. The first-order valence-corrected chi connectivity index (χ1v) is 3.77. The normalized spacial score (nSPS) is 9.67. The predicted molar refractivity (Wildman–Crippen MR) is 47.5 cm³/mol. The van der Waals surface area contributed by atoms with Gasteiger partial charge in [0, 0.05) is 0 Å². The lowest BCUT2D eigenvalue weighted by Crippen LogP contribution is -2.20. The summed E-state index contributed by atoms with van der Waals surface area (Å²) in [4.78, 5) is 0. The third-order valence-corrected chi connectivity index (χ3v) is 1.04. The second-order valence-electron chi connectivity index (χ2n) is 2.68. The van der Waals surface area contributed by atoms with E-state index in [1.165, 1.54) is 0 Å². The number of hydrogen-bond donors (Lipinski definition) is 1. The molecule has 0 heterocycles. The van der Waals surface area contributed by atoms with E-state index in [0.717, 1.165) is 0 Å². The minimum atomic E-state index is -0.626. The molecule has 0 bridgehead atoms. The molecule has 0 aromatic rings. The van der Waals surface area contributed by atoms with Crippen LogP contribution in [0.3, 0.4) is 0 Å². The molecule has 0 aromatic heterocycles. The molecule has 0 fully saturated rings. The zero-order valence-electron chi connectivity index (χ0n) is 7.67. The molecule has 0 spiro atoms. The molecule has 0 aliphatic carbocycles. The van der Waals surface area contributed by atoms with Crippen molar-refractivity contribution in [2.24, 2.45) is 0 Å². The second-order valence-corrected chi connectivity index (χ2v) is 2.68. The van der Waals surface area contributed by atoms with Gasteiger partial charge in [-0.3, -0.25) is 0 Å². The zero-order chi connectivity index (χ0) is 9.56. The molecular weight excluding hydrogens is 156 g/mol. The third-order valence-electron chi connectivity index (χ3n) is 1.04. The maximum atomic E-state index is 9.21.